The van der Waals surface area contributed by atoms with Crippen molar-refractivity contribution in [1.29, 1.82) is 0 Å². The smallest absolute Gasteiger partial charge is 0.255 e. The van der Waals surface area contributed by atoms with E-state index in [1.165, 1.54) is 11.1 Å². The van der Waals surface area contributed by atoms with Gasteiger partial charge in [-0.25, -0.2) is 0 Å². The number of fused-ring (bicyclic) bond motifs is 1. The number of anilines is 1. The number of aromatic nitrogens is 1. The molecule has 0 saturated carbocycles. The van der Waals surface area contributed by atoms with E-state index in [9.17, 15) is 4.79 Å². The molecule has 148 valence electrons. The molecule has 0 aliphatic carbocycles. The molecule has 3 aromatic rings. The third kappa shape index (κ3) is 4.65. The minimum atomic E-state index is -0.101. The number of benzene rings is 2. The molecule has 0 aliphatic rings. The minimum absolute atomic E-state index is 0.101. The Kier molecular flexibility index (Phi) is 5.96. The van der Waals surface area contributed by atoms with E-state index in [0.717, 1.165) is 34.3 Å². The first-order valence-corrected chi connectivity index (χ1v) is 10.3. The van der Waals surface area contributed by atoms with E-state index in [0.29, 0.717) is 5.56 Å². The lowest BCUT2D eigenvalue weighted by Gasteiger charge is -2.19. The van der Waals surface area contributed by atoms with Crippen LogP contribution in [0, 0.1) is 12.3 Å². The third-order valence-corrected chi connectivity index (χ3v) is 5.40. The molecule has 0 fully saturated rings. The van der Waals surface area contributed by atoms with E-state index < -0.39 is 0 Å². The Balaban J connectivity index is 1.83. The maximum atomic E-state index is 12.6. The summed E-state index contributed by atoms with van der Waals surface area (Å²) in [5, 5.41) is 7.78. The average Bonchev–Trinajstić information content (AvgIpc) is 2.93. The van der Waals surface area contributed by atoms with Crippen LogP contribution in [0.5, 0.6) is 0 Å². The van der Waals surface area contributed by atoms with Crippen molar-refractivity contribution >= 4 is 38.4 Å². The lowest BCUT2D eigenvalue weighted by Crippen LogP contribution is -2.27. The highest BCUT2D eigenvalue weighted by atomic mass is 79.9. The monoisotopic (exact) mass is 441 g/mol. The van der Waals surface area contributed by atoms with Gasteiger partial charge in [0.1, 0.15) is 0 Å². The van der Waals surface area contributed by atoms with Crippen molar-refractivity contribution in [3.05, 3.63) is 63.8 Å². The standard InChI is InChI=1S/C23H28BrN3O/c1-15-20(26-22(28)16-6-9-18(24)10-7-16)11-8-17-12-19(27(5)21(15)17)13-25-14-23(2,3)4/h6-12,25H,13-14H2,1-5H3,(H,26,28). The molecule has 0 aliphatic heterocycles. The van der Waals surface area contributed by atoms with Crippen molar-refractivity contribution < 1.29 is 4.79 Å². The molecule has 0 saturated heterocycles. The largest absolute Gasteiger partial charge is 0.346 e. The van der Waals surface area contributed by atoms with E-state index in [-0.39, 0.29) is 11.3 Å². The molecule has 0 spiro atoms. The van der Waals surface area contributed by atoms with Crippen molar-refractivity contribution in [3.8, 4) is 0 Å². The topological polar surface area (TPSA) is 46.1 Å². The number of halogens is 1. The first kappa shape index (κ1) is 20.6. The van der Waals surface area contributed by atoms with E-state index in [1.54, 1.807) is 0 Å². The maximum Gasteiger partial charge on any atom is 0.255 e. The molecule has 0 bridgehead atoms. The van der Waals surface area contributed by atoms with Crippen molar-refractivity contribution in [2.45, 2.75) is 34.2 Å². The molecule has 28 heavy (non-hydrogen) atoms. The molecule has 2 aromatic carbocycles. The Morgan fingerprint density at radius 3 is 2.43 bits per heavy atom. The summed E-state index contributed by atoms with van der Waals surface area (Å²) in [4.78, 5) is 12.6. The zero-order valence-corrected chi connectivity index (χ0v) is 18.8. The number of aryl methyl sites for hydroxylation is 2. The molecular formula is C23H28BrN3O. The van der Waals surface area contributed by atoms with Crippen LogP contribution in [0.15, 0.2) is 46.9 Å². The number of carbonyl (C=O) groups excluding carboxylic acids is 1. The highest BCUT2D eigenvalue weighted by Crippen LogP contribution is 2.28. The normalized spacial score (nSPS) is 11.8. The van der Waals surface area contributed by atoms with Crippen LogP contribution in [-0.2, 0) is 13.6 Å². The maximum absolute atomic E-state index is 12.6. The first-order chi connectivity index (χ1) is 13.2. The summed E-state index contributed by atoms with van der Waals surface area (Å²) in [5.74, 6) is -0.101. The lowest BCUT2D eigenvalue weighted by molar-refractivity contribution is 0.102. The summed E-state index contributed by atoms with van der Waals surface area (Å²) in [6.07, 6.45) is 0. The Morgan fingerprint density at radius 1 is 1.11 bits per heavy atom. The summed E-state index contributed by atoms with van der Waals surface area (Å²) in [5.41, 5.74) is 5.20. The van der Waals surface area contributed by atoms with Crippen molar-refractivity contribution in [3.63, 3.8) is 0 Å². The Bertz CT molecular complexity index is 997. The predicted molar refractivity (Wildman–Crippen MR) is 121 cm³/mol. The number of rotatable bonds is 5. The number of nitrogens with zero attached hydrogens (tertiary/aromatic N) is 1. The Morgan fingerprint density at radius 2 is 1.79 bits per heavy atom. The number of hydrogen-bond acceptors (Lipinski definition) is 2. The van der Waals surface area contributed by atoms with Gasteiger partial charge in [0.15, 0.2) is 0 Å². The van der Waals surface area contributed by atoms with E-state index in [1.807, 2.05) is 30.3 Å². The molecule has 3 rings (SSSR count). The molecule has 0 atom stereocenters. The second-order valence-electron chi connectivity index (χ2n) is 8.50. The molecule has 1 amide bonds. The summed E-state index contributed by atoms with van der Waals surface area (Å²) < 4.78 is 3.17. The van der Waals surface area contributed by atoms with Crippen LogP contribution in [0.25, 0.3) is 10.9 Å². The van der Waals surface area contributed by atoms with Gasteiger partial charge in [-0.1, -0.05) is 42.8 Å². The van der Waals surface area contributed by atoms with Crippen LogP contribution in [0.1, 0.15) is 42.4 Å². The minimum Gasteiger partial charge on any atom is -0.346 e. The number of nitrogens with one attached hydrogen (secondary N) is 2. The van der Waals surface area contributed by atoms with Crippen molar-refractivity contribution in [1.82, 2.24) is 9.88 Å². The highest BCUT2D eigenvalue weighted by Gasteiger charge is 2.14. The van der Waals surface area contributed by atoms with Gasteiger partial charge in [-0.15, -0.1) is 0 Å². The van der Waals surface area contributed by atoms with Crippen LogP contribution in [0.3, 0.4) is 0 Å². The van der Waals surface area contributed by atoms with Crippen molar-refractivity contribution in [2.24, 2.45) is 12.5 Å². The van der Waals surface area contributed by atoms with Gasteiger partial charge in [-0.3, -0.25) is 4.79 Å². The molecular weight excluding hydrogens is 414 g/mol. The van der Waals surface area contributed by atoms with Crippen molar-refractivity contribution in [2.75, 3.05) is 11.9 Å². The number of amides is 1. The molecule has 2 N–H and O–H groups in total. The fraction of sp³-hybridized carbons (Fsp3) is 0.348. The van der Waals surface area contributed by atoms with Gasteiger partial charge in [0.25, 0.3) is 5.91 Å². The van der Waals surface area contributed by atoms with Gasteiger partial charge in [0, 0.05) is 46.9 Å². The van der Waals surface area contributed by atoms with Gasteiger partial charge in [0.2, 0.25) is 0 Å². The quantitative estimate of drug-likeness (QED) is 0.538. The van der Waals surface area contributed by atoms with Crippen LogP contribution in [0.2, 0.25) is 0 Å². The van der Waals surface area contributed by atoms with Crippen LogP contribution < -0.4 is 10.6 Å². The zero-order chi connectivity index (χ0) is 20.5. The van der Waals surface area contributed by atoms with Gasteiger partial charge in [-0.05, 0) is 54.3 Å². The van der Waals surface area contributed by atoms with E-state index >= 15 is 0 Å². The van der Waals surface area contributed by atoms with Crippen LogP contribution in [-0.4, -0.2) is 17.0 Å². The van der Waals surface area contributed by atoms with E-state index in [2.05, 4.69) is 78.0 Å². The molecule has 0 unspecified atom stereocenters. The Hall–Kier alpha value is -2.11. The fourth-order valence-electron chi connectivity index (χ4n) is 3.37. The van der Waals surface area contributed by atoms with Crippen LogP contribution >= 0.6 is 15.9 Å². The Labute approximate surface area is 175 Å². The summed E-state index contributed by atoms with van der Waals surface area (Å²) in [6.45, 7) is 10.5. The summed E-state index contributed by atoms with van der Waals surface area (Å²) >= 11 is 3.40. The van der Waals surface area contributed by atoms with Gasteiger partial charge >= 0.3 is 0 Å². The first-order valence-electron chi connectivity index (χ1n) is 9.51. The van der Waals surface area contributed by atoms with Gasteiger partial charge in [-0.2, -0.15) is 0 Å². The van der Waals surface area contributed by atoms with Gasteiger partial charge < -0.3 is 15.2 Å². The summed E-state index contributed by atoms with van der Waals surface area (Å²) in [7, 11) is 2.09. The molecule has 5 heteroatoms. The van der Waals surface area contributed by atoms with Gasteiger partial charge in [0.05, 0.1) is 5.52 Å². The summed E-state index contributed by atoms with van der Waals surface area (Å²) in [6, 6.07) is 13.7. The molecule has 4 nitrogen and oxygen atoms in total. The third-order valence-electron chi connectivity index (χ3n) is 4.87. The zero-order valence-electron chi connectivity index (χ0n) is 17.2. The molecule has 1 heterocycles. The van der Waals surface area contributed by atoms with Crippen LogP contribution in [0.4, 0.5) is 5.69 Å². The molecule has 0 radical (unpaired) electrons. The van der Waals surface area contributed by atoms with E-state index in [4.69, 9.17) is 0 Å². The number of hydrogen-bond donors (Lipinski definition) is 2. The number of carbonyl (C=O) groups is 1. The second-order valence-corrected chi connectivity index (χ2v) is 9.41. The highest BCUT2D eigenvalue weighted by molar-refractivity contribution is 9.10. The fourth-order valence-corrected chi connectivity index (χ4v) is 3.63. The molecule has 1 aromatic heterocycles. The average molecular weight is 442 g/mol. The predicted octanol–water partition coefficient (Wildman–Crippen LogP) is 5.64. The SMILES string of the molecule is Cc1c(NC(=O)c2ccc(Br)cc2)ccc2cc(CNCC(C)(C)C)n(C)c12. The lowest BCUT2D eigenvalue weighted by atomic mass is 9.97. The second kappa shape index (κ2) is 8.10.